The third-order valence-electron chi connectivity index (χ3n) is 10.5. The van der Waals surface area contributed by atoms with Gasteiger partial charge in [-0.3, -0.25) is 0 Å². The Morgan fingerprint density at radius 1 is 0.521 bits per heavy atom. The molecule has 0 atom stereocenters. The van der Waals surface area contributed by atoms with Crippen LogP contribution in [0.4, 0.5) is 11.4 Å². The number of fused-ring (bicyclic) bond motifs is 6. The van der Waals surface area contributed by atoms with E-state index >= 15 is 0 Å². The van der Waals surface area contributed by atoms with Crippen LogP contribution >= 0.6 is 0 Å². The largest absolute Gasteiger partial charge is 0.355 e. The van der Waals surface area contributed by atoms with E-state index in [1.54, 1.807) is 0 Å². The monoisotopic (exact) mass is 615 g/mol. The second-order valence-corrected chi connectivity index (χ2v) is 13.7. The van der Waals surface area contributed by atoms with Crippen LogP contribution in [-0.2, 0) is 5.41 Å². The number of nitrogens with one attached hydrogen (secondary N) is 1. The van der Waals surface area contributed by atoms with Crippen molar-refractivity contribution in [3.8, 4) is 33.4 Å². The highest BCUT2D eigenvalue weighted by Crippen LogP contribution is 2.51. The Labute approximate surface area is 282 Å². The van der Waals surface area contributed by atoms with Crippen molar-refractivity contribution >= 4 is 38.5 Å². The van der Waals surface area contributed by atoms with Crippen LogP contribution in [0.25, 0.3) is 60.5 Å². The molecule has 0 aromatic heterocycles. The predicted molar refractivity (Wildman–Crippen MR) is 206 cm³/mol. The van der Waals surface area contributed by atoms with Gasteiger partial charge in [-0.2, -0.15) is 0 Å². The van der Waals surface area contributed by atoms with Crippen LogP contribution in [0.3, 0.4) is 0 Å². The molecule has 2 aliphatic carbocycles. The van der Waals surface area contributed by atoms with Gasteiger partial charge in [0.05, 0.1) is 0 Å². The lowest BCUT2D eigenvalue weighted by molar-refractivity contribution is 0.661. The van der Waals surface area contributed by atoms with E-state index < -0.39 is 0 Å². The molecule has 0 bridgehead atoms. The summed E-state index contributed by atoms with van der Waals surface area (Å²) in [7, 11) is 0. The van der Waals surface area contributed by atoms with Crippen molar-refractivity contribution in [3.63, 3.8) is 0 Å². The van der Waals surface area contributed by atoms with E-state index in [-0.39, 0.29) is 5.41 Å². The number of allylic oxidation sites excluding steroid dienone is 4. The van der Waals surface area contributed by atoms with Gasteiger partial charge in [0.25, 0.3) is 0 Å². The third-order valence-corrected chi connectivity index (χ3v) is 10.5. The molecular weight excluding hydrogens is 579 g/mol. The fourth-order valence-corrected chi connectivity index (χ4v) is 7.98. The Kier molecular flexibility index (Phi) is 6.69. The second-order valence-electron chi connectivity index (χ2n) is 13.7. The van der Waals surface area contributed by atoms with Crippen LogP contribution in [0, 0.1) is 0 Å². The summed E-state index contributed by atoms with van der Waals surface area (Å²) in [4.78, 5) is 0. The molecule has 0 heterocycles. The van der Waals surface area contributed by atoms with Crippen molar-refractivity contribution in [2.24, 2.45) is 0 Å². The molecule has 1 N–H and O–H groups in total. The van der Waals surface area contributed by atoms with E-state index in [4.69, 9.17) is 0 Å². The molecule has 230 valence electrons. The first kappa shape index (κ1) is 28.6. The van der Waals surface area contributed by atoms with Gasteiger partial charge in [0.15, 0.2) is 0 Å². The van der Waals surface area contributed by atoms with Crippen LogP contribution in [0.15, 0.2) is 158 Å². The summed E-state index contributed by atoms with van der Waals surface area (Å²) in [6.07, 6.45) is 8.88. The smallest absolute Gasteiger partial charge is 0.0463 e. The van der Waals surface area contributed by atoms with Crippen LogP contribution in [0.1, 0.15) is 43.4 Å². The molecule has 7 aromatic rings. The Bertz CT molecular complexity index is 2440. The first-order chi connectivity index (χ1) is 23.5. The summed E-state index contributed by atoms with van der Waals surface area (Å²) in [5, 5.41) is 8.98. The van der Waals surface area contributed by atoms with Gasteiger partial charge < -0.3 is 5.32 Å². The summed E-state index contributed by atoms with van der Waals surface area (Å²) >= 11 is 0. The Morgan fingerprint density at radius 2 is 1.19 bits per heavy atom. The molecule has 0 saturated carbocycles. The predicted octanol–water partition coefficient (Wildman–Crippen LogP) is 13.1. The van der Waals surface area contributed by atoms with E-state index in [0.29, 0.717) is 0 Å². The maximum atomic E-state index is 3.80. The molecule has 0 unspecified atom stereocenters. The number of anilines is 2. The second kappa shape index (κ2) is 11.2. The average Bonchev–Trinajstić information content (AvgIpc) is 3.37. The zero-order valence-corrected chi connectivity index (χ0v) is 27.4. The third kappa shape index (κ3) is 4.69. The van der Waals surface area contributed by atoms with Gasteiger partial charge in [0, 0.05) is 22.4 Å². The highest BCUT2D eigenvalue weighted by molar-refractivity contribution is 6.14. The van der Waals surface area contributed by atoms with E-state index in [1.807, 2.05) is 0 Å². The first-order valence-corrected chi connectivity index (χ1v) is 17.1. The highest BCUT2D eigenvalue weighted by atomic mass is 14.9. The standard InChI is InChI=1S/C47H37N/c1-47(2)44-29-35(43-28-34-14-6-7-15-37(34)39-17-8-9-18-40(39)43)24-26-41(44)42-27-25-36(30-45(42)47)48-46-19-11-10-16-38(46)33-22-20-32(21-23-33)31-12-4-3-5-13-31/h3-4,6-12,14-30,48H,5,13H2,1-2H3. The minimum atomic E-state index is -0.136. The Hall–Kier alpha value is -5.66. The van der Waals surface area contributed by atoms with Crippen LogP contribution < -0.4 is 5.32 Å². The lowest BCUT2D eigenvalue weighted by Crippen LogP contribution is -2.15. The average molecular weight is 616 g/mol. The van der Waals surface area contributed by atoms with Crippen LogP contribution in [-0.4, -0.2) is 0 Å². The summed E-state index contributed by atoms with van der Waals surface area (Å²) < 4.78 is 0. The van der Waals surface area contributed by atoms with E-state index in [0.717, 1.165) is 24.2 Å². The molecule has 2 aliphatic rings. The van der Waals surface area contributed by atoms with Gasteiger partial charge in [0.1, 0.15) is 0 Å². The van der Waals surface area contributed by atoms with Gasteiger partial charge in [0.2, 0.25) is 0 Å². The van der Waals surface area contributed by atoms with Crippen LogP contribution in [0.2, 0.25) is 0 Å². The minimum absolute atomic E-state index is 0.136. The molecule has 0 fully saturated rings. The van der Waals surface area contributed by atoms with Crippen molar-refractivity contribution < 1.29 is 0 Å². The van der Waals surface area contributed by atoms with Gasteiger partial charge >= 0.3 is 0 Å². The molecule has 1 nitrogen and oxygen atoms in total. The molecule has 7 aromatic carbocycles. The summed E-state index contributed by atoms with van der Waals surface area (Å²) in [5.41, 5.74) is 15.2. The number of hydrogen-bond donors (Lipinski definition) is 1. The lowest BCUT2D eigenvalue weighted by Gasteiger charge is -2.23. The molecule has 1 heteroatoms. The van der Waals surface area contributed by atoms with Crippen molar-refractivity contribution in [2.45, 2.75) is 32.1 Å². The normalized spacial score (nSPS) is 14.5. The SMILES string of the molecule is CC1(C)c2cc(Nc3ccccc3-c3ccc(C4=CC=CCC4)cc3)ccc2-c2ccc(-c3cc4ccccc4c4ccccc34)cc21. The number of rotatable bonds is 5. The molecule has 0 saturated heterocycles. The maximum absolute atomic E-state index is 3.80. The van der Waals surface area contributed by atoms with Crippen LogP contribution in [0.5, 0.6) is 0 Å². The molecule has 48 heavy (non-hydrogen) atoms. The fraction of sp³-hybridized carbons (Fsp3) is 0.106. The Morgan fingerprint density at radius 3 is 2.00 bits per heavy atom. The van der Waals surface area contributed by atoms with E-state index in [2.05, 4.69) is 177 Å². The molecule has 9 rings (SSSR count). The molecular formula is C47H37N. The van der Waals surface area contributed by atoms with E-state index in [1.165, 1.54) is 77.2 Å². The highest BCUT2D eigenvalue weighted by Gasteiger charge is 2.36. The van der Waals surface area contributed by atoms with E-state index in [9.17, 15) is 0 Å². The van der Waals surface area contributed by atoms with Crippen molar-refractivity contribution in [1.29, 1.82) is 0 Å². The van der Waals surface area contributed by atoms with Crippen molar-refractivity contribution in [2.75, 3.05) is 5.32 Å². The van der Waals surface area contributed by atoms with Crippen molar-refractivity contribution in [1.82, 2.24) is 0 Å². The zero-order valence-electron chi connectivity index (χ0n) is 27.4. The molecule has 0 spiro atoms. The number of benzene rings is 7. The number of para-hydroxylation sites is 1. The molecule has 0 aliphatic heterocycles. The summed E-state index contributed by atoms with van der Waals surface area (Å²) in [5.74, 6) is 0. The zero-order chi connectivity index (χ0) is 32.2. The Balaban J connectivity index is 1.06. The molecule has 0 amide bonds. The van der Waals surface area contributed by atoms with Gasteiger partial charge in [-0.1, -0.05) is 141 Å². The summed E-state index contributed by atoms with van der Waals surface area (Å²) in [6, 6.07) is 51.6. The van der Waals surface area contributed by atoms with Gasteiger partial charge in [-0.05, 0) is 115 Å². The lowest BCUT2D eigenvalue weighted by atomic mass is 9.81. The topological polar surface area (TPSA) is 12.0 Å². The number of hydrogen-bond acceptors (Lipinski definition) is 1. The fourth-order valence-electron chi connectivity index (χ4n) is 7.98. The molecule has 0 radical (unpaired) electrons. The van der Waals surface area contributed by atoms with Crippen molar-refractivity contribution in [3.05, 3.63) is 174 Å². The minimum Gasteiger partial charge on any atom is -0.355 e. The quantitative estimate of drug-likeness (QED) is 0.190. The maximum Gasteiger partial charge on any atom is 0.0463 e. The summed E-state index contributed by atoms with van der Waals surface area (Å²) in [6.45, 7) is 4.74. The van der Waals surface area contributed by atoms with Gasteiger partial charge in [-0.15, -0.1) is 0 Å². The van der Waals surface area contributed by atoms with Gasteiger partial charge in [-0.25, -0.2) is 0 Å². The first-order valence-electron chi connectivity index (χ1n) is 17.1.